The Balaban J connectivity index is 1.71. The Hall–Kier alpha value is -1.73. The van der Waals surface area contributed by atoms with E-state index in [-0.39, 0.29) is 24.5 Å². The van der Waals surface area contributed by atoms with E-state index in [1.807, 2.05) is 18.2 Å². The van der Waals surface area contributed by atoms with Crippen LogP contribution >= 0.6 is 0 Å². The number of nitrogens with one attached hydrogen (secondary N) is 1. The summed E-state index contributed by atoms with van der Waals surface area (Å²) in [5.41, 5.74) is 3.30. The van der Waals surface area contributed by atoms with Crippen LogP contribution in [0.5, 0.6) is 0 Å². The summed E-state index contributed by atoms with van der Waals surface area (Å²) in [5.74, 6) is -0.184. The molecule has 6 nitrogen and oxygen atoms in total. The standard InChI is InChI=1S/C20H30N2O4S/c1-3-22(27(2,25)26)14-6-13-21-20(24)12-11-19(23)18-10-9-16-7-4-5-8-17(16)15-18/h9-10,15H,3-8,11-14H2,1-2H3,(H,21,24). The molecule has 1 aromatic rings. The van der Waals surface area contributed by atoms with Gasteiger partial charge in [0.05, 0.1) is 6.26 Å². The lowest BCUT2D eigenvalue weighted by Crippen LogP contribution is -2.33. The first-order valence-corrected chi connectivity index (χ1v) is 11.5. The lowest BCUT2D eigenvalue weighted by molar-refractivity contribution is -0.121. The van der Waals surface area contributed by atoms with Crippen LogP contribution < -0.4 is 5.32 Å². The topological polar surface area (TPSA) is 83.6 Å². The molecule has 0 aliphatic heterocycles. The highest BCUT2D eigenvalue weighted by atomic mass is 32.2. The second-order valence-corrected chi connectivity index (χ2v) is 9.05. The van der Waals surface area contributed by atoms with Crippen molar-refractivity contribution >= 4 is 21.7 Å². The average Bonchev–Trinajstić information content (AvgIpc) is 2.64. The molecule has 27 heavy (non-hydrogen) atoms. The Labute approximate surface area is 162 Å². The normalized spacial score (nSPS) is 14.0. The van der Waals surface area contributed by atoms with Gasteiger partial charge in [0.15, 0.2) is 5.78 Å². The summed E-state index contributed by atoms with van der Waals surface area (Å²) in [7, 11) is -3.20. The smallest absolute Gasteiger partial charge is 0.220 e. The van der Waals surface area contributed by atoms with Crippen LogP contribution in [0.25, 0.3) is 0 Å². The van der Waals surface area contributed by atoms with Gasteiger partial charge in [-0.25, -0.2) is 12.7 Å². The minimum absolute atomic E-state index is 0.00671. The Morgan fingerprint density at radius 1 is 1.11 bits per heavy atom. The molecule has 0 bridgehead atoms. The van der Waals surface area contributed by atoms with Gasteiger partial charge >= 0.3 is 0 Å². The number of aryl methyl sites for hydroxylation is 2. The molecule has 150 valence electrons. The zero-order chi connectivity index (χ0) is 19.9. The Kier molecular flexibility index (Phi) is 7.98. The maximum Gasteiger partial charge on any atom is 0.220 e. The second-order valence-electron chi connectivity index (χ2n) is 7.07. The summed E-state index contributed by atoms with van der Waals surface area (Å²) in [5, 5.41) is 2.76. The Morgan fingerprint density at radius 3 is 2.48 bits per heavy atom. The minimum Gasteiger partial charge on any atom is -0.356 e. The summed E-state index contributed by atoms with van der Waals surface area (Å²) in [4.78, 5) is 24.3. The average molecular weight is 395 g/mol. The van der Waals surface area contributed by atoms with Crippen LogP contribution in [0.2, 0.25) is 0 Å². The molecule has 1 aliphatic rings. The fraction of sp³-hybridized carbons (Fsp3) is 0.600. The molecule has 0 heterocycles. The summed E-state index contributed by atoms with van der Waals surface area (Å²) < 4.78 is 24.4. The van der Waals surface area contributed by atoms with Gasteiger partial charge in [0.1, 0.15) is 0 Å². The number of rotatable bonds is 10. The molecule has 0 unspecified atom stereocenters. The van der Waals surface area contributed by atoms with Gasteiger partial charge in [0.2, 0.25) is 15.9 Å². The third-order valence-corrected chi connectivity index (χ3v) is 6.36. The van der Waals surface area contributed by atoms with E-state index in [9.17, 15) is 18.0 Å². The van der Waals surface area contributed by atoms with Crippen molar-refractivity contribution in [3.63, 3.8) is 0 Å². The fourth-order valence-electron chi connectivity index (χ4n) is 3.41. The van der Waals surface area contributed by atoms with Gasteiger partial charge in [-0.05, 0) is 49.3 Å². The van der Waals surface area contributed by atoms with Gasteiger partial charge in [-0.1, -0.05) is 19.1 Å². The predicted octanol–water partition coefficient (Wildman–Crippen LogP) is 2.32. The molecule has 0 radical (unpaired) electrons. The van der Waals surface area contributed by atoms with Crippen molar-refractivity contribution in [2.45, 2.75) is 51.9 Å². The number of sulfonamides is 1. The van der Waals surface area contributed by atoms with Crippen LogP contribution in [0, 0.1) is 0 Å². The maximum atomic E-state index is 12.4. The monoisotopic (exact) mass is 394 g/mol. The number of fused-ring (bicyclic) bond motifs is 1. The van der Waals surface area contributed by atoms with E-state index in [1.54, 1.807) is 6.92 Å². The van der Waals surface area contributed by atoms with Crippen LogP contribution in [0.1, 0.15) is 60.5 Å². The first-order chi connectivity index (χ1) is 12.8. The fourth-order valence-corrected chi connectivity index (χ4v) is 4.34. The van der Waals surface area contributed by atoms with Gasteiger partial charge in [-0.3, -0.25) is 9.59 Å². The number of carbonyl (C=O) groups excluding carboxylic acids is 2. The number of benzene rings is 1. The van der Waals surface area contributed by atoms with Crippen molar-refractivity contribution in [3.05, 3.63) is 34.9 Å². The molecule has 0 atom stereocenters. The Bertz CT molecular complexity index is 774. The van der Waals surface area contributed by atoms with Crippen LogP contribution in [0.3, 0.4) is 0 Å². The van der Waals surface area contributed by atoms with Gasteiger partial charge < -0.3 is 5.32 Å². The molecule has 0 spiro atoms. The first kappa shape index (κ1) is 21.6. The largest absolute Gasteiger partial charge is 0.356 e. The Morgan fingerprint density at radius 2 is 1.81 bits per heavy atom. The van der Waals surface area contributed by atoms with E-state index < -0.39 is 10.0 Å². The van der Waals surface area contributed by atoms with Crippen LogP contribution in [0.4, 0.5) is 0 Å². The molecule has 0 saturated carbocycles. The van der Waals surface area contributed by atoms with Crippen molar-refractivity contribution in [2.75, 3.05) is 25.9 Å². The van der Waals surface area contributed by atoms with E-state index in [0.29, 0.717) is 31.6 Å². The molecule has 0 fully saturated rings. The lowest BCUT2D eigenvalue weighted by atomic mass is 9.89. The summed E-state index contributed by atoms with van der Waals surface area (Å²) >= 11 is 0. The number of Topliss-reactive ketones (excluding diaryl/α,β-unsaturated/α-hetero) is 1. The molecule has 0 saturated heterocycles. The zero-order valence-electron chi connectivity index (χ0n) is 16.3. The van der Waals surface area contributed by atoms with E-state index in [2.05, 4.69) is 5.32 Å². The highest BCUT2D eigenvalue weighted by molar-refractivity contribution is 7.88. The van der Waals surface area contributed by atoms with Gasteiger partial charge in [0, 0.05) is 38.0 Å². The number of ketones is 1. The third-order valence-electron chi connectivity index (χ3n) is 4.98. The van der Waals surface area contributed by atoms with Crippen LogP contribution in [0.15, 0.2) is 18.2 Å². The van der Waals surface area contributed by atoms with E-state index in [4.69, 9.17) is 0 Å². The molecule has 1 N–H and O–H groups in total. The van der Waals surface area contributed by atoms with Crippen LogP contribution in [-0.4, -0.2) is 50.3 Å². The molecule has 2 rings (SSSR count). The highest BCUT2D eigenvalue weighted by Crippen LogP contribution is 2.22. The predicted molar refractivity (Wildman–Crippen MR) is 106 cm³/mol. The van der Waals surface area contributed by atoms with Crippen molar-refractivity contribution in [3.8, 4) is 0 Å². The summed E-state index contributed by atoms with van der Waals surface area (Å²) in [6.07, 6.45) is 6.56. The molecule has 1 amide bonds. The molecule has 1 aromatic carbocycles. The number of amides is 1. The quantitative estimate of drug-likeness (QED) is 0.488. The molecular weight excluding hydrogens is 364 g/mol. The zero-order valence-corrected chi connectivity index (χ0v) is 17.1. The second kappa shape index (κ2) is 9.99. The SMILES string of the molecule is CCN(CCCNC(=O)CCC(=O)c1ccc2c(c1)CCCC2)S(C)(=O)=O. The number of hydrogen-bond donors (Lipinski definition) is 1. The van der Waals surface area contributed by atoms with Gasteiger partial charge in [-0.15, -0.1) is 0 Å². The molecule has 0 aromatic heterocycles. The van der Waals surface area contributed by atoms with E-state index in [0.717, 1.165) is 12.8 Å². The third kappa shape index (κ3) is 6.74. The molecule has 7 heteroatoms. The molecule has 1 aliphatic carbocycles. The van der Waals surface area contributed by atoms with Crippen molar-refractivity contribution in [2.24, 2.45) is 0 Å². The number of carbonyl (C=O) groups is 2. The lowest BCUT2D eigenvalue weighted by Gasteiger charge is -2.17. The summed E-state index contributed by atoms with van der Waals surface area (Å²) in [6.45, 7) is 2.98. The van der Waals surface area contributed by atoms with E-state index in [1.165, 1.54) is 34.5 Å². The summed E-state index contributed by atoms with van der Waals surface area (Å²) in [6, 6.07) is 5.90. The van der Waals surface area contributed by atoms with Crippen molar-refractivity contribution < 1.29 is 18.0 Å². The van der Waals surface area contributed by atoms with Gasteiger partial charge in [0.25, 0.3) is 0 Å². The van der Waals surface area contributed by atoms with E-state index >= 15 is 0 Å². The maximum absolute atomic E-state index is 12.4. The van der Waals surface area contributed by atoms with Gasteiger partial charge in [-0.2, -0.15) is 0 Å². The first-order valence-electron chi connectivity index (χ1n) is 9.68. The number of hydrogen-bond acceptors (Lipinski definition) is 4. The van der Waals surface area contributed by atoms with Crippen LogP contribution in [-0.2, 0) is 27.7 Å². The molecular formula is C20H30N2O4S. The highest BCUT2D eigenvalue weighted by Gasteiger charge is 2.15. The number of nitrogens with zero attached hydrogens (tertiary/aromatic N) is 1. The van der Waals surface area contributed by atoms with Crippen molar-refractivity contribution in [1.82, 2.24) is 9.62 Å². The van der Waals surface area contributed by atoms with Crippen molar-refractivity contribution in [1.29, 1.82) is 0 Å². The minimum atomic E-state index is -3.20.